The molecule has 0 saturated carbocycles. The summed E-state index contributed by atoms with van der Waals surface area (Å²) in [5.41, 5.74) is 2.52. The minimum absolute atomic E-state index is 0.169. The Labute approximate surface area is 216 Å². The predicted octanol–water partition coefficient (Wildman–Crippen LogP) is 3.77. The van der Waals surface area contributed by atoms with Crippen molar-refractivity contribution in [3.05, 3.63) is 83.2 Å². The van der Waals surface area contributed by atoms with Gasteiger partial charge in [0.15, 0.2) is 4.80 Å². The monoisotopic (exact) mass is 521 g/mol. The second kappa shape index (κ2) is 9.63. The van der Waals surface area contributed by atoms with Gasteiger partial charge in [0.25, 0.3) is 11.5 Å². The normalized spacial score (nSPS) is 18.4. The van der Waals surface area contributed by atoms with Crippen molar-refractivity contribution >= 4 is 45.8 Å². The number of para-hydroxylation sites is 1. The van der Waals surface area contributed by atoms with Gasteiger partial charge in [0.2, 0.25) is 0 Å². The van der Waals surface area contributed by atoms with Gasteiger partial charge < -0.3 is 9.64 Å². The third-order valence-corrected chi connectivity index (χ3v) is 8.24. The van der Waals surface area contributed by atoms with Crippen LogP contribution < -0.4 is 19.8 Å². The Morgan fingerprint density at radius 2 is 1.94 bits per heavy atom. The molecule has 0 radical (unpaired) electrons. The summed E-state index contributed by atoms with van der Waals surface area (Å²) in [4.78, 5) is 48.5. The molecule has 0 fully saturated rings. The average molecular weight is 522 g/mol. The SMILES string of the molecule is CCCCN1C(=O)/C(=c2\sc3n(c2=O)[C@@H](c2cccs2)C(C(=O)OC(C)C)=C(C)N=3)c2ccccc21. The lowest BCUT2D eigenvalue weighted by Gasteiger charge is -2.24. The second-order valence-corrected chi connectivity index (χ2v) is 11.0. The molecule has 1 aromatic carbocycles. The van der Waals surface area contributed by atoms with Crippen molar-refractivity contribution in [2.75, 3.05) is 11.4 Å². The van der Waals surface area contributed by atoms with E-state index in [1.807, 2.05) is 41.8 Å². The maximum atomic E-state index is 14.0. The molecular formula is C27H27N3O4S2. The van der Waals surface area contributed by atoms with Gasteiger partial charge in [-0.1, -0.05) is 48.9 Å². The number of amides is 1. The van der Waals surface area contributed by atoms with E-state index in [-0.39, 0.29) is 17.6 Å². The molecule has 2 aromatic heterocycles. The Hall–Kier alpha value is -3.30. The molecule has 186 valence electrons. The van der Waals surface area contributed by atoms with E-state index < -0.39 is 12.0 Å². The van der Waals surface area contributed by atoms with E-state index in [0.29, 0.717) is 32.7 Å². The van der Waals surface area contributed by atoms with Crippen molar-refractivity contribution < 1.29 is 14.3 Å². The van der Waals surface area contributed by atoms with Crippen LogP contribution in [0.5, 0.6) is 0 Å². The third-order valence-electron chi connectivity index (χ3n) is 6.26. The standard InChI is InChI=1S/C27H27N3O4S2/c1-5-6-13-29-18-11-8-7-10-17(18)21(24(29)31)23-25(32)30-22(19-12-9-14-35-19)20(26(33)34-15(2)3)16(4)28-27(30)36-23/h7-12,14-15,22H,5-6,13H2,1-4H3/b23-21-/t22-/m0/s1. The van der Waals surface area contributed by atoms with Crippen LogP contribution in [0, 0.1) is 0 Å². The van der Waals surface area contributed by atoms with Gasteiger partial charge in [-0.15, -0.1) is 11.3 Å². The lowest BCUT2D eigenvalue weighted by Crippen LogP contribution is -2.41. The molecule has 0 N–H and O–H groups in total. The Bertz CT molecular complexity index is 1560. The number of benzene rings is 1. The quantitative estimate of drug-likeness (QED) is 0.463. The zero-order valence-corrected chi connectivity index (χ0v) is 22.2. The topological polar surface area (TPSA) is 81.0 Å². The van der Waals surface area contributed by atoms with E-state index in [0.717, 1.165) is 29.0 Å². The number of unbranched alkanes of at least 4 members (excludes halogenated alkanes) is 1. The van der Waals surface area contributed by atoms with Crippen molar-refractivity contribution in [3.8, 4) is 0 Å². The number of ether oxygens (including phenoxy) is 1. The number of esters is 1. The number of hydrogen-bond donors (Lipinski definition) is 0. The number of allylic oxidation sites excluding steroid dienone is 1. The molecule has 36 heavy (non-hydrogen) atoms. The van der Waals surface area contributed by atoms with Crippen LogP contribution in [-0.4, -0.2) is 29.1 Å². The number of carbonyl (C=O) groups excluding carboxylic acids is 2. The third kappa shape index (κ3) is 3.96. The van der Waals surface area contributed by atoms with E-state index in [2.05, 4.69) is 11.9 Å². The highest BCUT2D eigenvalue weighted by atomic mass is 32.1. The first-order valence-corrected chi connectivity index (χ1v) is 13.7. The number of carbonyl (C=O) groups is 2. The highest BCUT2D eigenvalue weighted by molar-refractivity contribution is 7.10. The van der Waals surface area contributed by atoms with Gasteiger partial charge in [0.1, 0.15) is 10.6 Å². The highest BCUT2D eigenvalue weighted by Crippen LogP contribution is 2.36. The summed E-state index contributed by atoms with van der Waals surface area (Å²) in [7, 11) is 0. The van der Waals surface area contributed by atoms with Crippen molar-refractivity contribution in [1.82, 2.24) is 4.57 Å². The summed E-state index contributed by atoms with van der Waals surface area (Å²) in [6.07, 6.45) is 1.52. The lowest BCUT2D eigenvalue weighted by molar-refractivity contribution is -0.143. The van der Waals surface area contributed by atoms with Crippen molar-refractivity contribution in [1.29, 1.82) is 0 Å². The molecule has 2 aliphatic heterocycles. The smallest absolute Gasteiger partial charge is 0.338 e. The summed E-state index contributed by atoms with van der Waals surface area (Å²) in [5, 5.41) is 1.91. The largest absolute Gasteiger partial charge is 0.459 e. The molecular weight excluding hydrogens is 494 g/mol. The van der Waals surface area contributed by atoms with Gasteiger partial charge in [-0.05, 0) is 44.7 Å². The molecule has 0 spiro atoms. The molecule has 1 atom stereocenters. The average Bonchev–Trinajstić information content (AvgIpc) is 3.54. The zero-order chi connectivity index (χ0) is 25.6. The molecule has 1 amide bonds. The van der Waals surface area contributed by atoms with Gasteiger partial charge in [-0.3, -0.25) is 14.2 Å². The predicted molar refractivity (Wildman–Crippen MR) is 142 cm³/mol. The minimum Gasteiger partial charge on any atom is -0.459 e. The summed E-state index contributed by atoms with van der Waals surface area (Å²) < 4.78 is 7.43. The molecule has 5 rings (SSSR count). The van der Waals surface area contributed by atoms with Crippen LogP contribution in [-0.2, 0) is 14.3 Å². The minimum atomic E-state index is -0.662. The molecule has 4 heterocycles. The number of aromatic nitrogens is 1. The number of hydrogen-bond acceptors (Lipinski definition) is 7. The number of nitrogens with zero attached hydrogens (tertiary/aromatic N) is 3. The molecule has 0 unspecified atom stereocenters. The van der Waals surface area contributed by atoms with Gasteiger partial charge in [-0.25, -0.2) is 9.79 Å². The van der Waals surface area contributed by atoms with Crippen LogP contribution in [0.15, 0.2) is 62.8 Å². The summed E-state index contributed by atoms with van der Waals surface area (Å²) in [5.74, 6) is -0.659. The maximum Gasteiger partial charge on any atom is 0.338 e. The first kappa shape index (κ1) is 24.4. The summed E-state index contributed by atoms with van der Waals surface area (Å²) in [6, 6.07) is 10.7. The number of thiazole rings is 1. The lowest BCUT2D eigenvalue weighted by atomic mass is 10.0. The van der Waals surface area contributed by atoms with Crippen LogP contribution in [0.25, 0.3) is 5.57 Å². The van der Waals surface area contributed by atoms with Crippen molar-refractivity contribution in [2.45, 2.75) is 52.7 Å². The van der Waals surface area contributed by atoms with E-state index in [4.69, 9.17) is 4.74 Å². The van der Waals surface area contributed by atoms with Crippen molar-refractivity contribution in [3.63, 3.8) is 0 Å². The molecule has 2 aliphatic rings. The zero-order valence-electron chi connectivity index (χ0n) is 20.6. The Morgan fingerprint density at radius 1 is 1.17 bits per heavy atom. The Kier molecular flexibility index (Phi) is 6.53. The van der Waals surface area contributed by atoms with Gasteiger partial charge in [-0.2, -0.15) is 0 Å². The fourth-order valence-electron chi connectivity index (χ4n) is 4.66. The van der Waals surface area contributed by atoms with Crippen LogP contribution in [0.4, 0.5) is 5.69 Å². The van der Waals surface area contributed by atoms with Crippen LogP contribution in [0.3, 0.4) is 0 Å². The number of fused-ring (bicyclic) bond motifs is 2. The number of rotatable bonds is 6. The molecule has 0 bridgehead atoms. The van der Waals surface area contributed by atoms with Crippen LogP contribution in [0.2, 0.25) is 0 Å². The van der Waals surface area contributed by atoms with E-state index in [9.17, 15) is 14.4 Å². The Balaban J connectivity index is 1.76. The maximum absolute atomic E-state index is 14.0. The van der Waals surface area contributed by atoms with Gasteiger partial charge >= 0.3 is 5.97 Å². The van der Waals surface area contributed by atoms with E-state index in [1.54, 1.807) is 30.2 Å². The van der Waals surface area contributed by atoms with Gasteiger partial charge in [0, 0.05) is 17.0 Å². The van der Waals surface area contributed by atoms with Crippen molar-refractivity contribution in [2.24, 2.45) is 4.99 Å². The molecule has 0 aliphatic carbocycles. The molecule has 3 aromatic rings. The van der Waals surface area contributed by atoms with Crippen LogP contribution in [0.1, 0.15) is 57.0 Å². The first-order valence-electron chi connectivity index (χ1n) is 12.0. The molecule has 7 nitrogen and oxygen atoms in total. The van der Waals surface area contributed by atoms with Gasteiger partial charge in [0.05, 0.1) is 28.6 Å². The second-order valence-electron chi connectivity index (χ2n) is 9.07. The Morgan fingerprint density at radius 3 is 2.64 bits per heavy atom. The first-order chi connectivity index (χ1) is 17.3. The van der Waals surface area contributed by atoms with Crippen LogP contribution >= 0.6 is 22.7 Å². The number of thiophene rings is 1. The number of anilines is 1. The fraction of sp³-hybridized carbons (Fsp3) is 0.333. The van der Waals surface area contributed by atoms with E-state index >= 15 is 0 Å². The summed E-state index contributed by atoms with van der Waals surface area (Å²) in [6.45, 7) is 8.02. The molecule has 0 saturated heterocycles. The molecule has 9 heteroatoms. The van der Waals surface area contributed by atoms with E-state index in [1.165, 1.54) is 22.7 Å². The fourth-order valence-corrected chi connectivity index (χ4v) is 6.62. The summed E-state index contributed by atoms with van der Waals surface area (Å²) >= 11 is 2.67. The highest BCUT2D eigenvalue weighted by Gasteiger charge is 2.37.